The molecule has 1 unspecified atom stereocenters. The molecule has 0 spiro atoms. The van der Waals surface area contributed by atoms with Crippen LogP contribution in [0.5, 0.6) is 0 Å². The fourth-order valence-electron chi connectivity index (χ4n) is 1.96. The number of aromatic nitrogens is 2. The third-order valence-electron chi connectivity index (χ3n) is 2.90. The summed E-state index contributed by atoms with van der Waals surface area (Å²) in [6.45, 7) is 3.38. The fourth-order valence-corrected chi connectivity index (χ4v) is 1.96. The molecule has 0 amide bonds. The predicted molar refractivity (Wildman–Crippen MR) is 74.2 cm³/mol. The van der Waals surface area contributed by atoms with Crippen LogP contribution in [-0.4, -0.2) is 15.7 Å². The lowest BCUT2D eigenvalue weighted by molar-refractivity contribution is -0.145. The number of ether oxygens (including phenoxy) is 1. The van der Waals surface area contributed by atoms with Gasteiger partial charge in [0.25, 0.3) is 5.56 Å². The number of carbonyl (C=O) groups excluding carboxylic acids is 1. The molecule has 0 fully saturated rings. The molecule has 20 heavy (non-hydrogen) atoms. The van der Waals surface area contributed by atoms with E-state index >= 15 is 0 Å². The molecule has 0 radical (unpaired) electrons. The number of benzene rings is 1. The van der Waals surface area contributed by atoms with Crippen LogP contribution in [0.3, 0.4) is 0 Å². The summed E-state index contributed by atoms with van der Waals surface area (Å²) in [4.78, 5) is 23.3. The highest BCUT2D eigenvalue weighted by molar-refractivity contribution is 5.66. The van der Waals surface area contributed by atoms with Crippen molar-refractivity contribution in [3.05, 3.63) is 64.1 Å². The molecule has 0 bridgehead atoms. The lowest BCUT2D eigenvalue weighted by Crippen LogP contribution is -2.28. The molecule has 0 saturated carbocycles. The third-order valence-corrected chi connectivity index (χ3v) is 2.90. The van der Waals surface area contributed by atoms with Gasteiger partial charge in [-0.15, -0.1) is 0 Å². The molecule has 0 aliphatic rings. The molecule has 5 heteroatoms. The highest BCUT2D eigenvalue weighted by atomic mass is 16.5. The number of nitrogens with zero attached hydrogens (tertiary/aromatic N) is 2. The molecule has 5 nitrogen and oxygen atoms in total. The van der Waals surface area contributed by atoms with E-state index in [9.17, 15) is 9.59 Å². The molecule has 0 N–H and O–H groups in total. The number of hydrogen-bond acceptors (Lipinski definition) is 4. The lowest BCUT2D eigenvalue weighted by Gasteiger charge is -2.13. The summed E-state index contributed by atoms with van der Waals surface area (Å²) < 4.78 is 6.41. The zero-order valence-corrected chi connectivity index (χ0v) is 11.4. The minimum Gasteiger partial charge on any atom is -0.458 e. The Morgan fingerprint density at radius 2 is 2.00 bits per heavy atom. The Bertz CT molecular complexity index is 650. The standard InChI is InChI=1S/C15H16N2O3/c1-11(20-12(2)18)14-8-9-16-17(15(14)19)10-13-6-4-3-5-7-13/h3-9,11H,10H2,1-2H3. The van der Waals surface area contributed by atoms with E-state index in [-0.39, 0.29) is 5.56 Å². The summed E-state index contributed by atoms with van der Waals surface area (Å²) in [6.07, 6.45) is 0.963. The first-order chi connectivity index (χ1) is 9.58. The lowest BCUT2D eigenvalue weighted by atomic mass is 10.2. The molecule has 1 aromatic heterocycles. The van der Waals surface area contributed by atoms with Crippen molar-refractivity contribution in [2.75, 3.05) is 0 Å². The monoisotopic (exact) mass is 272 g/mol. The minimum atomic E-state index is -0.579. The van der Waals surface area contributed by atoms with Crippen LogP contribution in [-0.2, 0) is 16.1 Å². The highest BCUT2D eigenvalue weighted by Crippen LogP contribution is 2.12. The molecule has 0 aliphatic carbocycles. The molecule has 1 atom stereocenters. The van der Waals surface area contributed by atoms with Gasteiger partial charge >= 0.3 is 5.97 Å². The summed E-state index contributed by atoms with van der Waals surface area (Å²) in [7, 11) is 0. The van der Waals surface area contributed by atoms with Crippen molar-refractivity contribution in [1.82, 2.24) is 9.78 Å². The smallest absolute Gasteiger partial charge is 0.303 e. The van der Waals surface area contributed by atoms with Crippen molar-refractivity contribution in [1.29, 1.82) is 0 Å². The van der Waals surface area contributed by atoms with E-state index in [0.717, 1.165) is 5.56 Å². The van der Waals surface area contributed by atoms with Gasteiger partial charge in [0, 0.05) is 13.1 Å². The summed E-state index contributed by atoms with van der Waals surface area (Å²) in [5.41, 5.74) is 1.16. The van der Waals surface area contributed by atoms with Crippen LogP contribution in [0, 0.1) is 0 Å². The van der Waals surface area contributed by atoms with Crippen molar-refractivity contribution < 1.29 is 9.53 Å². The van der Waals surface area contributed by atoms with Crippen molar-refractivity contribution in [2.24, 2.45) is 0 Å². The number of hydrogen-bond donors (Lipinski definition) is 0. The van der Waals surface area contributed by atoms with E-state index in [0.29, 0.717) is 12.1 Å². The van der Waals surface area contributed by atoms with Crippen molar-refractivity contribution in [3.63, 3.8) is 0 Å². The number of carbonyl (C=O) groups is 1. The molecule has 104 valence electrons. The van der Waals surface area contributed by atoms with E-state index in [1.165, 1.54) is 11.6 Å². The molecule has 0 saturated heterocycles. The Morgan fingerprint density at radius 3 is 2.65 bits per heavy atom. The van der Waals surface area contributed by atoms with Gasteiger partial charge in [-0.25, -0.2) is 4.68 Å². The van der Waals surface area contributed by atoms with Gasteiger partial charge in [-0.2, -0.15) is 5.10 Å². The number of esters is 1. The summed E-state index contributed by atoms with van der Waals surface area (Å²) in [5, 5.41) is 4.06. The topological polar surface area (TPSA) is 61.2 Å². The normalized spacial score (nSPS) is 11.9. The van der Waals surface area contributed by atoms with Crippen LogP contribution in [0.4, 0.5) is 0 Å². The highest BCUT2D eigenvalue weighted by Gasteiger charge is 2.14. The van der Waals surface area contributed by atoms with E-state index in [2.05, 4.69) is 5.10 Å². The van der Waals surface area contributed by atoms with Crippen LogP contribution in [0.25, 0.3) is 0 Å². The van der Waals surface area contributed by atoms with Crippen LogP contribution in [0.2, 0.25) is 0 Å². The SMILES string of the molecule is CC(=O)OC(C)c1ccnn(Cc2ccccc2)c1=O. The van der Waals surface area contributed by atoms with Crippen LogP contribution >= 0.6 is 0 Å². The summed E-state index contributed by atoms with van der Waals surface area (Å²) in [5.74, 6) is -0.414. The molecular formula is C15H16N2O3. The van der Waals surface area contributed by atoms with Gasteiger partial charge in [0.15, 0.2) is 0 Å². The number of rotatable bonds is 4. The van der Waals surface area contributed by atoms with E-state index in [4.69, 9.17) is 4.74 Å². The Labute approximate surface area is 116 Å². The van der Waals surface area contributed by atoms with E-state index in [1.807, 2.05) is 30.3 Å². The van der Waals surface area contributed by atoms with Crippen LogP contribution in [0.1, 0.15) is 31.1 Å². The maximum Gasteiger partial charge on any atom is 0.303 e. The Kier molecular flexibility index (Phi) is 4.30. The Hall–Kier alpha value is -2.43. The largest absolute Gasteiger partial charge is 0.458 e. The maximum atomic E-state index is 12.3. The van der Waals surface area contributed by atoms with Crippen molar-refractivity contribution in [2.45, 2.75) is 26.5 Å². The van der Waals surface area contributed by atoms with Gasteiger partial charge in [-0.1, -0.05) is 30.3 Å². The van der Waals surface area contributed by atoms with Gasteiger partial charge in [-0.3, -0.25) is 9.59 Å². The zero-order valence-electron chi connectivity index (χ0n) is 11.4. The van der Waals surface area contributed by atoms with Crippen LogP contribution in [0.15, 0.2) is 47.4 Å². The second-order valence-electron chi connectivity index (χ2n) is 4.49. The minimum absolute atomic E-state index is 0.245. The predicted octanol–water partition coefficient (Wildman–Crippen LogP) is 1.92. The molecule has 2 aromatic rings. The molecule has 2 rings (SSSR count). The summed E-state index contributed by atoms with van der Waals surface area (Å²) in [6, 6.07) is 11.2. The molecule has 0 aliphatic heterocycles. The van der Waals surface area contributed by atoms with Crippen LogP contribution < -0.4 is 5.56 Å². The average Bonchev–Trinajstić information content (AvgIpc) is 2.41. The van der Waals surface area contributed by atoms with Crippen molar-refractivity contribution >= 4 is 5.97 Å². The fraction of sp³-hybridized carbons (Fsp3) is 0.267. The quantitative estimate of drug-likeness (QED) is 0.798. The molecular weight excluding hydrogens is 256 g/mol. The molecule has 1 aromatic carbocycles. The first-order valence-electron chi connectivity index (χ1n) is 6.35. The molecule has 1 heterocycles. The van der Waals surface area contributed by atoms with Crippen molar-refractivity contribution in [3.8, 4) is 0 Å². The maximum absolute atomic E-state index is 12.3. The first kappa shape index (κ1) is 14.0. The Morgan fingerprint density at radius 1 is 1.30 bits per heavy atom. The van der Waals surface area contributed by atoms with Gasteiger partial charge in [0.1, 0.15) is 6.10 Å². The zero-order chi connectivity index (χ0) is 14.5. The Balaban J connectivity index is 2.28. The first-order valence-corrected chi connectivity index (χ1v) is 6.35. The van der Waals surface area contributed by atoms with E-state index in [1.54, 1.807) is 19.2 Å². The summed E-state index contributed by atoms with van der Waals surface area (Å²) >= 11 is 0. The van der Waals surface area contributed by atoms with Gasteiger partial charge in [0.05, 0.1) is 12.1 Å². The second-order valence-corrected chi connectivity index (χ2v) is 4.49. The van der Waals surface area contributed by atoms with Gasteiger partial charge in [-0.05, 0) is 18.6 Å². The second kappa shape index (κ2) is 6.14. The average molecular weight is 272 g/mol. The third kappa shape index (κ3) is 3.32. The van der Waals surface area contributed by atoms with Gasteiger partial charge < -0.3 is 4.74 Å². The van der Waals surface area contributed by atoms with E-state index < -0.39 is 12.1 Å². The van der Waals surface area contributed by atoms with Gasteiger partial charge in [0.2, 0.25) is 0 Å².